The third-order valence-electron chi connectivity index (χ3n) is 2.88. The van der Waals surface area contributed by atoms with Crippen molar-refractivity contribution in [3.8, 4) is 11.3 Å². The van der Waals surface area contributed by atoms with E-state index in [1.165, 1.54) is 14.7 Å². The van der Waals surface area contributed by atoms with Gasteiger partial charge in [-0.15, -0.1) is 0 Å². The number of hydrogen-bond donors (Lipinski definition) is 1. The van der Waals surface area contributed by atoms with Crippen LogP contribution in [0.4, 0.5) is 0 Å². The van der Waals surface area contributed by atoms with Gasteiger partial charge in [-0.1, -0.05) is 26.0 Å². The summed E-state index contributed by atoms with van der Waals surface area (Å²) in [6.07, 6.45) is 0. The molecule has 0 radical (unpaired) electrons. The zero-order valence-electron chi connectivity index (χ0n) is 11.0. The first kappa shape index (κ1) is 13.6. The second-order valence-electron chi connectivity index (χ2n) is 4.71. The summed E-state index contributed by atoms with van der Waals surface area (Å²) in [5.74, 6) is 1.93. The third-order valence-corrected chi connectivity index (χ3v) is 4.05. The van der Waals surface area contributed by atoms with Crippen molar-refractivity contribution in [2.45, 2.75) is 33.4 Å². The molecular formula is C15H18INO. The van der Waals surface area contributed by atoms with E-state index in [1.54, 1.807) is 0 Å². The van der Waals surface area contributed by atoms with Crippen molar-refractivity contribution < 1.29 is 4.42 Å². The van der Waals surface area contributed by atoms with Crippen molar-refractivity contribution in [2.75, 3.05) is 0 Å². The highest BCUT2D eigenvalue weighted by atomic mass is 127. The minimum Gasteiger partial charge on any atom is -0.460 e. The predicted molar refractivity (Wildman–Crippen MR) is 83.6 cm³/mol. The molecule has 2 aromatic rings. The monoisotopic (exact) mass is 355 g/mol. The van der Waals surface area contributed by atoms with E-state index in [2.05, 4.69) is 72.9 Å². The molecule has 0 amide bonds. The maximum absolute atomic E-state index is 5.89. The van der Waals surface area contributed by atoms with Gasteiger partial charge in [0.25, 0.3) is 0 Å². The van der Waals surface area contributed by atoms with Gasteiger partial charge in [0.15, 0.2) is 0 Å². The molecule has 0 bridgehead atoms. The van der Waals surface area contributed by atoms with Gasteiger partial charge in [0.1, 0.15) is 11.5 Å². The second-order valence-corrected chi connectivity index (χ2v) is 5.88. The Balaban J connectivity index is 2.21. The van der Waals surface area contributed by atoms with Gasteiger partial charge >= 0.3 is 0 Å². The molecule has 0 fully saturated rings. The SMILES string of the molecule is Cc1c(I)cccc1-c1ccc(CNC(C)C)o1. The lowest BCUT2D eigenvalue weighted by Crippen LogP contribution is -2.21. The molecule has 1 aromatic heterocycles. The molecule has 0 saturated carbocycles. The lowest BCUT2D eigenvalue weighted by Gasteiger charge is -2.06. The minimum absolute atomic E-state index is 0.470. The van der Waals surface area contributed by atoms with E-state index >= 15 is 0 Å². The van der Waals surface area contributed by atoms with Crippen LogP contribution in [-0.2, 0) is 6.54 Å². The van der Waals surface area contributed by atoms with Crippen LogP contribution < -0.4 is 5.32 Å². The van der Waals surface area contributed by atoms with Crippen LogP contribution in [0.5, 0.6) is 0 Å². The summed E-state index contributed by atoms with van der Waals surface area (Å²) < 4.78 is 7.16. The molecule has 0 spiro atoms. The van der Waals surface area contributed by atoms with E-state index in [0.717, 1.165) is 18.1 Å². The molecule has 96 valence electrons. The average molecular weight is 355 g/mol. The van der Waals surface area contributed by atoms with Crippen LogP contribution in [0.1, 0.15) is 25.2 Å². The fourth-order valence-electron chi connectivity index (χ4n) is 1.80. The molecule has 0 saturated heterocycles. The third kappa shape index (κ3) is 3.14. The molecule has 1 heterocycles. The molecule has 0 aliphatic carbocycles. The van der Waals surface area contributed by atoms with Gasteiger partial charge in [-0.3, -0.25) is 0 Å². The van der Waals surface area contributed by atoms with Crippen molar-refractivity contribution in [2.24, 2.45) is 0 Å². The standard InChI is InChI=1S/C15H18INO/c1-10(2)17-9-12-7-8-15(18-12)13-5-4-6-14(16)11(13)3/h4-8,10,17H,9H2,1-3H3. The molecule has 0 atom stereocenters. The topological polar surface area (TPSA) is 25.2 Å². The Hall–Kier alpha value is -0.810. The van der Waals surface area contributed by atoms with Crippen LogP contribution in [-0.4, -0.2) is 6.04 Å². The number of rotatable bonds is 4. The predicted octanol–water partition coefficient (Wildman–Crippen LogP) is 4.36. The highest BCUT2D eigenvalue weighted by Crippen LogP contribution is 2.28. The smallest absolute Gasteiger partial charge is 0.134 e. The molecule has 3 heteroatoms. The van der Waals surface area contributed by atoms with Crippen molar-refractivity contribution in [1.82, 2.24) is 5.32 Å². The molecule has 1 aromatic carbocycles. The van der Waals surface area contributed by atoms with Gasteiger partial charge in [-0.2, -0.15) is 0 Å². The van der Waals surface area contributed by atoms with Gasteiger partial charge in [0.2, 0.25) is 0 Å². The lowest BCUT2D eigenvalue weighted by atomic mass is 10.1. The van der Waals surface area contributed by atoms with Crippen molar-refractivity contribution in [1.29, 1.82) is 0 Å². The summed E-state index contributed by atoms with van der Waals surface area (Å²) in [6.45, 7) is 7.17. The number of furan rings is 1. The molecule has 0 aliphatic heterocycles. The van der Waals surface area contributed by atoms with E-state index in [0.29, 0.717) is 6.04 Å². The quantitative estimate of drug-likeness (QED) is 0.825. The molecular weight excluding hydrogens is 337 g/mol. The van der Waals surface area contributed by atoms with Gasteiger partial charge in [-0.25, -0.2) is 0 Å². The van der Waals surface area contributed by atoms with Crippen LogP contribution in [0, 0.1) is 10.5 Å². The van der Waals surface area contributed by atoms with Crippen LogP contribution in [0.15, 0.2) is 34.7 Å². The molecule has 2 rings (SSSR count). The summed E-state index contributed by atoms with van der Waals surface area (Å²) in [5, 5.41) is 3.36. The normalized spacial score (nSPS) is 11.2. The van der Waals surface area contributed by atoms with Crippen molar-refractivity contribution >= 4 is 22.6 Å². The van der Waals surface area contributed by atoms with E-state index in [-0.39, 0.29) is 0 Å². The van der Waals surface area contributed by atoms with Crippen molar-refractivity contribution in [3.05, 3.63) is 45.2 Å². The highest BCUT2D eigenvalue weighted by Gasteiger charge is 2.09. The first-order chi connectivity index (χ1) is 8.58. The summed E-state index contributed by atoms with van der Waals surface area (Å²) in [7, 11) is 0. The maximum atomic E-state index is 5.89. The van der Waals surface area contributed by atoms with Gasteiger partial charge in [0.05, 0.1) is 6.54 Å². The van der Waals surface area contributed by atoms with Gasteiger partial charge in [-0.05, 0) is 53.3 Å². The first-order valence-electron chi connectivity index (χ1n) is 6.15. The maximum Gasteiger partial charge on any atom is 0.134 e. The highest BCUT2D eigenvalue weighted by molar-refractivity contribution is 14.1. The fourth-order valence-corrected chi connectivity index (χ4v) is 2.29. The zero-order chi connectivity index (χ0) is 13.1. The molecule has 0 aliphatic rings. The molecule has 0 unspecified atom stereocenters. The Morgan fingerprint density at radius 2 is 2.00 bits per heavy atom. The zero-order valence-corrected chi connectivity index (χ0v) is 13.1. The summed E-state index contributed by atoms with van der Waals surface area (Å²) in [4.78, 5) is 0. The summed E-state index contributed by atoms with van der Waals surface area (Å²) in [5.41, 5.74) is 2.45. The Kier molecular flexibility index (Phi) is 4.45. The number of nitrogens with one attached hydrogen (secondary N) is 1. The number of hydrogen-bond acceptors (Lipinski definition) is 2. The largest absolute Gasteiger partial charge is 0.460 e. The van der Waals surface area contributed by atoms with Gasteiger partial charge < -0.3 is 9.73 Å². The van der Waals surface area contributed by atoms with Crippen LogP contribution in [0.3, 0.4) is 0 Å². The fraction of sp³-hybridized carbons (Fsp3) is 0.333. The van der Waals surface area contributed by atoms with E-state index in [4.69, 9.17) is 4.42 Å². The summed E-state index contributed by atoms with van der Waals surface area (Å²) in [6, 6.07) is 10.9. The Labute approximate surface area is 122 Å². The number of halogens is 1. The molecule has 18 heavy (non-hydrogen) atoms. The Morgan fingerprint density at radius 3 is 2.72 bits per heavy atom. The van der Waals surface area contributed by atoms with Crippen molar-refractivity contribution in [3.63, 3.8) is 0 Å². The molecule has 1 N–H and O–H groups in total. The van der Waals surface area contributed by atoms with E-state index in [1.807, 2.05) is 6.07 Å². The second kappa shape index (κ2) is 5.89. The Bertz CT molecular complexity index is 531. The minimum atomic E-state index is 0.470. The van der Waals surface area contributed by atoms with Gasteiger partial charge in [0, 0.05) is 15.2 Å². The van der Waals surface area contributed by atoms with E-state index < -0.39 is 0 Å². The van der Waals surface area contributed by atoms with Crippen LogP contribution in [0.25, 0.3) is 11.3 Å². The van der Waals surface area contributed by atoms with E-state index in [9.17, 15) is 0 Å². The molecule has 2 nitrogen and oxygen atoms in total. The van der Waals surface area contributed by atoms with Crippen LogP contribution >= 0.6 is 22.6 Å². The lowest BCUT2D eigenvalue weighted by molar-refractivity contribution is 0.473. The Morgan fingerprint density at radius 1 is 1.22 bits per heavy atom. The summed E-state index contributed by atoms with van der Waals surface area (Å²) >= 11 is 2.35. The first-order valence-corrected chi connectivity index (χ1v) is 7.23. The average Bonchev–Trinajstić information content (AvgIpc) is 2.78. The van der Waals surface area contributed by atoms with Crippen LogP contribution in [0.2, 0.25) is 0 Å². The number of benzene rings is 1.